The number of hydrogen-bond donors (Lipinski definition) is 1. The number of nitrogens with two attached hydrogens (primary N) is 1. The van der Waals surface area contributed by atoms with Crippen molar-refractivity contribution in [1.29, 1.82) is 0 Å². The SMILES string of the molecule is CC(=O)N1c2cnccc2[C@H](N)[C@@H](C)C1C1CC1. The van der Waals surface area contributed by atoms with Gasteiger partial charge in [0.05, 0.1) is 11.9 Å². The first-order valence-corrected chi connectivity index (χ1v) is 6.60. The van der Waals surface area contributed by atoms with Crippen LogP contribution in [0.4, 0.5) is 5.69 Å². The van der Waals surface area contributed by atoms with E-state index in [2.05, 4.69) is 11.9 Å². The van der Waals surface area contributed by atoms with E-state index in [9.17, 15) is 4.79 Å². The summed E-state index contributed by atoms with van der Waals surface area (Å²) in [5, 5.41) is 0. The van der Waals surface area contributed by atoms with Gasteiger partial charge in [0.1, 0.15) is 0 Å². The van der Waals surface area contributed by atoms with E-state index in [-0.39, 0.29) is 18.0 Å². The van der Waals surface area contributed by atoms with E-state index in [1.165, 1.54) is 12.8 Å². The van der Waals surface area contributed by atoms with Crippen molar-refractivity contribution in [2.75, 3.05) is 4.90 Å². The van der Waals surface area contributed by atoms with Crippen LogP contribution >= 0.6 is 0 Å². The number of nitrogens with zero attached hydrogens (tertiary/aromatic N) is 2. The highest BCUT2D eigenvalue weighted by Crippen LogP contribution is 2.47. The lowest BCUT2D eigenvalue weighted by Crippen LogP contribution is -2.51. The zero-order valence-electron chi connectivity index (χ0n) is 10.8. The van der Waals surface area contributed by atoms with Crippen LogP contribution in [0.2, 0.25) is 0 Å². The normalized spacial score (nSPS) is 31.1. The molecule has 1 fully saturated rings. The molecule has 1 aliphatic heterocycles. The first kappa shape index (κ1) is 11.7. The molecule has 0 aromatic carbocycles. The molecule has 2 aliphatic rings. The molecule has 3 atom stereocenters. The molecule has 4 nitrogen and oxygen atoms in total. The van der Waals surface area contributed by atoms with Gasteiger partial charge in [-0.25, -0.2) is 0 Å². The highest BCUT2D eigenvalue weighted by Gasteiger charge is 2.46. The predicted molar refractivity (Wildman–Crippen MR) is 70.0 cm³/mol. The standard InChI is InChI=1S/C14H19N3O/c1-8-13(15)11-5-6-16-7-12(11)17(9(2)18)14(8)10-3-4-10/h5-8,10,13-14H,3-4,15H2,1-2H3/t8-,13-,14?/m1/s1. The Hall–Kier alpha value is -1.42. The lowest BCUT2D eigenvalue weighted by molar-refractivity contribution is -0.117. The molecule has 3 rings (SSSR count). The molecule has 0 bridgehead atoms. The zero-order chi connectivity index (χ0) is 12.9. The van der Waals surface area contributed by atoms with E-state index < -0.39 is 0 Å². The Balaban J connectivity index is 2.11. The summed E-state index contributed by atoms with van der Waals surface area (Å²) in [7, 11) is 0. The van der Waals surface area contributed by atoms with Gasteiger partial charge in [-0.05, 0) is 36.3 Å². The van der Waals surface area contributed by atoms with Crippen LogP contribution in [0, 0.1) is 11.8 Å². The molecule has 1 aliphatic carbocycles. The van der Waals surface area contributed by atoms with Crippen molar-refractivity contribution < 1.29 is 4.79 Å². The minimum atomic E-state index is 0.00389. The molecule has 4 heteroatoms. The third kappa shape index (κ3) is 1.63. The number of anilines is 1. The van der Waals surface area contributed by atoms with Gasteiger partial charge in [0.25, 0.3) is 0 Å². The average molecular weight is 245 g/mol. The number of carbonyl (C=O) groups is 1. The molecule has 18 heavy (non-hydrogen) atoms. The molecule has 1 aromatic heterocycles. The molecule has 1 amide bonds. The van der Waals surface area contributed by atoms with Crippen LogP contribution in [0.15, 0.2) is 18.5 Å². The number of hydrogen-bond acceptors (Lipinski definition) is 3. The van der Waals surface area contributed by atoms with Crippen molar-refractivity contribution in [2.45, 2.75) is 38.8 Å². The molecule has 1 unspecified atom stereocenters. The molecule has 0 saturated heterocycles. The molecule has 2 N–H and O–H groups in total. The van der Waals surface area contributed by atoms with Gasteiger partial charge >= 0.3 is 0 Å². The Morgan fingerprint density at radius 3 is 2.83 bits per heavy atom. The third-order valence-corrected chi connectivity index (χ3v) is 4.30. The minimum Gasteiger partial charge on any atom is -0.324 e. The smallest absolute Gasteiger partial charge is 0.224 e. The Labute approximate surface area is 107 Å². The van der Waals surface area contributed by atoms with E-state index in [4.69, 9.17) is 5.73 Å². The quantitative estimate of drug-likeness (QED) is 0.821. The molecule has 0 radical (unpaired) electrons. The van der Waals surface area contributed by atoms with Crippen LogP contribution < -0.4 is 10.6 Å². The molecular weight excluding hydrogens is 226 g/mol. The third-order valence-electron chi connectivity index (χ3n) is 4.30. The lowest BCUT2D eigenvalue weighted by Gasteiger charge is -2.44. The van der Waals surface area contributed by atoms with E-state index in [1.54, 1.807) is 19.3 Å². The van der Waals surface area contributed by atoms with Gasteiger partial charge in [0, 0.05) is 25.2 Å². The van der Waals surface area contributed by atoms with Gasteiger partial charge in [-0.1, -0.05) is 6.92 Å². The Morgan fingerprint density at radius 2 is 2.22 bits per heavy atom. The van der Waals surface area contributed by atoms with Crippen molar-refractivity contribution in [3.63, 3.8) is 0 Å². The van der Waals surface area contributed by atoms with E-state index in [0.717, 1.165) is 11.3 Å². The first-order chi connectivity index (χ1) is 8.61. The topological polar surface area (TPSA) is 59.2 Å². The number of pyridine rings is 1. The maximum Gasteiger partial charge on any atom is 0.224 e. The second-order valence-electron chi connectivity index (χ2n) is 5.54. The summed E-state index contributed by atoms with van der Waals surface area (Å²) < 4.78 is 0. The molecule has 1 aromatic rings. The van der Waals surface area contributed by atoms with Crippen LogP contribution in [0.5, 0.6) is 0 Å². The van der Waals surface area contributed by atoms with Crippen molar-refractivity contribution in [1.82, 2.24) is 4.98 Å². The van der Waals surface area contributed by atoms with Crippen LogP contribution in [0.1, 0.15) is 38.3 Å². The van der Waals surface area contributed by atoms with E-state index >= 15 is 0 Å². The van der Waals surface area contributed by atoms with Gasteiger partial charge in [0.15, 0.2) is 0 Å². The van der Waals surface area contributed by atoms with Gasteiger partial charge in [-0.3, -0.25) is 9.78 Å². The van der Waals surface area contributed by atoms with Crippen LogP contribution in [0.3, 0.4) is 0 Å². The number of fused-ring (bicyclic) bond motifs is 1. The molecule has 1 saturated carbocycles. The van der Waals surface area contributed by atoms with Crippen molar-refractivity contribution in [3.05, 3.63) is 24.0 Å². The van der Waals surface area contributed by atoms with Gasteiger partial charge in [-0.15, -0.1) is 0 Å². The van der Waals surface area contributed by atoms with E-state index in [0.29, 0.717) is 11.8 Å². The van der Waals surface area contributed by atoms with Crippen LogP contribution in [-0.2, 0) is 4.79 Å². The minimum absolute atomic E-state index is 0.00389. The van der Waals surface area contributed by atoms with Crippen molar-refractivity contribution in [3.8, 4) is 0 Å². The van der Waals surface area contributed by atoms with Gasteiger partial charge in [0.2, 0.25) is 5.91 Å². The Morgan fingerprint density at radius 1 is 1.50 bits per heavy atom. The zero-order valence-corrected chi connectivity index (χ0v) is 10.8. The second kappa shape index (κ2) is 4.05. The second-order valence-corrected chi connectivity index (χ2v) is 5.54. The molecule has 2 heterocycles. The molecular formula is C14H19N3O. The molecule has 0 spiro atoms. The predicted octanol–water partition coefficient (Wildman–Crippen LogP) is 1.86. The number of carbonyl (C=O) groups excluding carboxylic acids is 1. The summed E-state index contributed by atoms with van der Waals surface area (Å²) in [6, 6.07) is 2.19. The summed E-state index contributed by atoms with van der Waals surface area (Å²) in [5.74, 6) is 1.01. The first-order valence-electron chi connectivity index (χ1n) is 6.60. The van der Waals surface area contributed by atoms with Gasteiger partial charge in [-0.2, -0.15) is 0 Å². The summed E-state index contributed by atoms with van der Waals surface area (Å²) in [5.41, 5.74) is 8.30. The van der Waals surface area contributed by atoms with Crippen LogP contribution in [-0.4, -0.2) is 16.9 Å². The summed E-state index contributed by atoms with van der Waals surface area (Å²) in [4.78, 5) is 18.1. The summed E-state index contributed by atoms with van der Waals surface area (Å²) in [6.07, 6.45) is 5.95. The largest absolute Gasteiger partial charge is 0.324 e. The Bertz CT molecular complexity index is 484. The van der Waals surface area contributed by atoms with Crippen molar-refractivity contribution >= 4 is 11.6 Å². The number of amides is 1. The van der Waals surface area contributed by atoms with Gasteiger partial charge < -0.3 is 10.6 Å². The fraction of sp³-hybridized carbons (Fsp3) is 0.571. The van der Waals surface area contributed by atoms with Crippen molar-refractivity contribution in [2.24, 2.45) is 17.6 Å². The highest BCUT2D eigenvalue weighted by atomic mass is 16.2. The number of rotatable bonds is 1. The molecule has 96 valence electrons. The maximum atomic E-state index is 12.0. The fourth-order valence-corrected chi connectivity index (χ4v) is 3.23. The Kier molecular flexibility index (Phi) is 2.63. The summed E-state index contributed by atoms with van der Waals surface area (Å²) in [6.45, 7) is 3.79. The fourth-order valence-electron chi connectivity index (χ4n) is 3.23. The monoisotopic (exact) mass is 245 g/mol. The lowest BCUT2D eigenvalue weighted by atomic mass is 9.81. The number of aromatic nitrogens is 1. The maximum absolute atomic E-state index is 12.0. The average Bonchev–Trinajstić information content (AvgIpc) is 3.17. The highest BCUT2D eigenvalue weighted by molar-refractivity contribution is 5.93. The van der Waals surface area contributed by atoms with Crippen LogP contribution in [0.25, 0.3) is 0 Å². The van der Waals surface area contributed by atoms with E-state index in [1.807, 2.05) is 11.0 Å². The summed E-state index contributed by atoms with van der Waals surface area (Å²) >= 11 is 0.